The fraction of sp³-hybridized carbons (Fsp3) is 0.0769. The Morgan fingerprint density at radius 2 is 2.05 bits per heavy atom. The number of aromatic nitrogens is 1. The molecule has 1 aromatic carbocycles. The molecule has 0 N–H and O–H groups in total. The molecule has 0 fully saturated rings. The van der Waals surface area contributed by atoms with Crippen molar-refractivity contribution in [3.63, 3.8) is 0 Å². The standard InChI is InChI=1S/C13H10ClN3O3/c1-16(11-7-2-3-8-15-11)13(18)9-5-4-6-10(12(9)14)17(19)20/h2-8H,1H3. The highest BCUT2D eigenvalue weighted by molar-refractivity contribution is 6.36. The summed E-state index contributed by atoms with van der Waals surface area (Å²) in [5.41, 5.74) is -0.235. The Balaban J connectivity index is 2.40. The first-order valence-electron chi connectivity index (χ1n) is 5.64. The van der Waals surface area contributed by atoms with Crippen LogP contribution in [0.4, 0.5) is 11.5 Å². The molecule has 0 saturated carbocycles. The van der Waals surface area contributed by atoms with Crippen LogP contribution < -0.4 is 4.90 Å². The summed E-state index contributed by atoms with van der Waals surface area (Å²) < 4.78 is 0. The molecular weight excluding hydrogens is 282 g/mol. The highest BCUT2D eigenvalue weighted by atomic mass is 35.5. The minimum absolute atomic E-state index is 0.0639. The van der Waals surface area contributed by atoms with Crippen molar-refractivity contribution < 1.29 is 9.72 Å². The second-order valence-corrected chi connectivity index (χ2v) is 4.33. The van der Waals surface area contributed by atoms with Crippen molar-refractivity contribution in [1.82, 2.24) is 4.98 Å². The largest absolute Gasteiger partial charge is 0.296 e. The van der Waals surface area contributed by atoms with E-state index in [2.05, 4.69) is 4.98 Å². The number of carbonyl (C=O) groups is 1. The summed E-state index contributed by atoms with van der Waals surface area (Å²) in [6.07, 6.45) is 1.55. The second-order valence-electron chi connectivity index (χ2n) is 3.95. The smallest absolute Gasteiger partial charge is 0.288 e. The molecule has 0 aliphatic carbocycles. The zero-order chi connectivity index (χ0) is 14.7. The fourth-order valence-electron chi connectivity index (χ4n) is 1.66. The maximum absolute atomic E-state index is 12.3. The van der Waals surface area contributed by atoms with E-state index in [1.165, 1.54) is 30.1 Å². The number of benzene rings is 1. The van der Waals surface area contributed by atoms with Gasteiger partial charge in [0, 0.05) is 19.3 Å². The highest BCUT2D eigenvalue weighted by Crippen LogP contribution is 2.29. The van der Waals surface area contributed by atoms with Crippen LogP contribution in [0.15, 0.2) is 42.6 Å². The summed E-state index contributed by atoms with van der Waals surface area (Å²) in [4.78, 5) is 27.8. The van der Waals surface area contributed by atoms with Crippen LogP contribution in [0.25, 0.3) is 0 Å². The van der Waals surface area contributed by atoms with Crippen molar-refractivity contribution in [3.05, 3.63) is 63.3 Å². The molecular formula is C13H10ClN3O3. The molecule has 0 atom stereocenters. The Morgan fingerprint density at radius 3 is 2.65 bits per heavy atom. The molecule has 0 aliphatic rings. The molecule has 0 unspecified atom stereocenters. The van der Waals surface area contributed by atoms with Crippen molar-refractivity contribution >= 4 is 29.0 Å². The lowest BCUT2D eigenvalue weighted by Gasteiger charge is -2.16. The lowest BCUT2D eigenvalue weighted by molar-refractivity contribution is -0.384. The number of halogens is 1. The van der Waals surface area contributed by atoms with Crippen molar-refractivity contribution in [1.29, 1.82) is 0 Å². The topological polar surface area (TPSA) is 76.3 Å². The minimum Gasteiger partial charge on any atom is -0.296 e. The quantitative estimate of drug-likeness (QED) is 0.643. The lowest BCUT2D eigenvalue weighted by Crippen LogP contribution is -2.27. The normalized spacial score (nSPS) is 10.1. The number of nitro groups is 1. The molecule has 2 rings (SSSR count). The van der Waals surface area contributed by atoms with Crippen molar-refractivity contribution in [3.8, 4) is 0 Å². The Kier molecular flexibility index (Phi) is 3.95. The van der Waals surface area contributed by atoms with Gasteiger partial charge in [0.25, 0.3) is 11.6 Å². The third kappa shape index (κ3) is 2.60. The average molecular weight is 292 g/mol. The van der Waals surface area contributed by atoms with Gasteiger partial charge in [-0.1, -0.05) is 23.7 Å². The molecule has 102 valence electrons. The number of pyridine rings is 1. The number of hydrogen-bond acceptors (Lipinski definition) is 4. The van der Waals surface area contributed by atoms with Gasteiger partial charge in [0.1, 0.15) is 10.8 Å². The van der Waals surface area contributed by atoms with Crippen LogP contribution in [0.1, 0.15) is 10.4 Å². The van der Waals surface area contributed by atoms with Gasteiger partial charge >= 0.3 is 0 Å². The number of nitrogens with zero attached hydrogens (tertiary/aromatic N) is 3. The molecule has 2 aromatic rings. The summed E-state index contributed by atoms with van der Waals surface area (Å²) in [7, 11) is 1.53. The Labute approximate surface area is 119 Å². The molecule has 6 nitrogen and oxygen atoms in total. The third-order valence-corrected chi connectivity index (χ3v) is 3.10. The fourth-order valence-corrected chi connectivity index (χ4v) is 1.94. The van der Waals surface area contributed by atoms with E-state index >= 15 is 0 Å². The van der Waals surface area contributed by atoms with Crippen LogP contribution in [0.5, 0.6) is 0 Å². The summed E-state index contributed by atoms with van der Waals surface area (Å²) in [5, 5.41) is 10.6. The van der Waals surface area contributed by atoms with Gasteiger partial charge in [0.15, 0.2) is 0 Å². The molecule has 0 radical (unpaired) electrons. The van der Waals surface area contributed by atoms with Crippen LogP contribution in [-0.2, 0) is 0 Å². The summed E-state index contributed by atoms with van der Waals surface area (Å²) >= 11 is 5.92. The van der Waals surface area contributed by atoms with Gasteiger partial charge in [-0.25, -0.2) is 4.98 Å². The first kappa shape index (κ1) is 14.0. The number of rotatable bonds is 3. The van der Waals surface area contributed by atoms with Crippen LogP contribution >= 0.6 is 11.6 Å². The predicted octanol–water partition coefficient (Wildman–Crippen LogP) is 2.92. The molecule has 20 heavy (non-hydrogen) atoms. The predicted molar refractivity (Wildman–Crippen MR) is 75.1 cm³/mol. The van der Waals surface area contributed by atoms with Crippen molar-refractivity contribution in [2.75, 3.05) is 11.9 Å². The average Bonchev–Trinajstić information content (AvgIpc) is 2.46. The van der Waals surface area contributed by atoms with E-state index in [1.807, 2.05) is 0 Å². The second kappa shape index (κ2) is 5.66. The monoisotopic (exact) mass is 291 g/mol. The molecule has 0 saturated heterocycles. The number of amides is 1. The third-order valence-electron chi connectivity index (χ3n) is 2.70. The maximum Gasteiger partial charge on any atom is 0.288 e. The molecule has 0 spiro atoms. The van der Waals surface area contributed by atoms with Crippen molar-refractivity contribution in [2.45, 2.75) is 0 Å². The molecule has 0 aliphatic heterocycles. The van der Waals surface area contributed by atoms with Gasteiger partial charge in [-0.05, 0) is 18.2 Å². The number of nitro benzene ring substituents is 1. The highest BCUT2D eigenvalue weighted by Gasteiger charge is 2.23. The molecule has 7 heteroatoms. The van der Waals surface area contributed by atoms with Crippen LogP contribution in [0.2, 0.25) is 5.02 Å². The zero-order valence-corrected chi connectivity index (χ0v) is 11.2. The van der Waals surface area contributed by atoms with Crippen LogP contribution in [0, 0.1) is 10.1 Å². The molecule has 1 aromatic heterocycles. The minimum atomic E-state index is -0.625. The summed E-state index contributed by atoms with van der Waals surface area (Å²) in [6.45, 7) is 0. The Morgan fingerprint density at radius 1 is 1.30 bits per heavy atom. The molecule has 0 bridgehead atoms. The lowest BCUT2D eigenvalue weighted by atomic mass is 10.1. The van der Waals surface area contributed by atoms with E-state index in [1.54, 1.807) is 24.4 Å². The first-order chi connectivity index (χ1) is 9.52. The Bertz CT molecular complexity index is 661. The first-order valence-corrected chi connectivity index (χ1v) is 6.02. The maximum atomic E-state index is 12.3. The molecule has 1 heterocycles. The van der Waals surface area contributed by atoms with Gasteiger partial charge < -0.3 is 0 Å². The van der Waals surface area contributed by atoms with Gasteiger partial charge in [0.05, 0.1) is 10.5 Å². The van der Waals surface area contributed by atoms with E-state index in [0.29, 0.717) is 5.82 Å². The van der Waals surface area contributed by atoms with Crippen LogP contribution in [0.3, 0.4) is 0 Å². The zero-order valence-electron chi connectivity index (χ0n) is 10.5. The van der Waals surface area contributed by atoms with E-state index < -0.39 is 10.8 Å². The molecule has 1 amide bonds. The summed E-state index contributed by atoms with van der Waals surface area (Å²) in [6, 6.07) is 9.23. The van der Waals surface area contributed by atoms with Crippen LogP contribution in [-0.4, -0.2) is 22.9 Å². The van der Waals surface area contributed by atoms with Gasteiger partial charge in [-0.2, -0.15) is 0 Å². The van der Waals surface area contributed by atoms with E-state index in [0.717, 1.165) is 0 Å². The number of carbonyl (C=O) groups excluding carboxylic acids is 1. The van der Waals surface area contributed by atoms with Crippen molar-refractivity contribution in [2.24, 2.45) is 0 Å². The Hall–Kier alpha value is -2.47. The van der Waals surface area contributed by atoms with E-state index in [-0.39, 0.29) is 16.3 Å². The SMILES string of the molecule is CN(C(=O)c1cccc([N+](=O)[O-])c1Cl)c1ccccn1. The number of anilines is 1. The van der Waals surface area contributed by atoms with E-state index in [9.17, 15) is 14.9 Å². The summed E-state index contributed by atoms with van der Waals surface area (Å²) in [5.74, 6) is -0.0301. The van der Waals surface area contributed by atoms with E-state index in [4.69, 9.17) is 11.6 Å². The van der Waals surface area contributed by atoms with Gasteiger partial charge in [0.2, 0.25) is 0 Å². The van der Waals surface area contributed by atoms with Gasteiger partial charge in [-0.3, -0.25) is 19.8 Å². The number of hydrogen-bond donors (Lipinski definition) is 0. The van der Waals surface area contributed by atoms with Gasteiger partial charge in [-0.15, -0.1) is 0 Å².